The lowest BCUT2D eigenvalue weighted by Crippen LogP contribution is -2.18. The Labute approximate surface area is 195 Å². The van der Waals surface area contributed by atoms with E-state index in [-0.39, 0.29) is 11.3 Å². The average molecular weight is 458 g/mol. The van der Waals surface area contributed by atoms with Gasteiger partial charge >= 0.3 is 0 Å². The van der Waals surface area contributed by atoms with Gasteiger partial charge in [0.2, 0.25) is 11.8 Å². The molecule has 1 aromatic heterocycles. The topological polar surface area (TPSA) is 130 Å². The molecule has 0 bridgehead atoms. The normalized spacial score (nSPS) is 10.6. The summed E-state index contributed by atoms with van der Waals surface area (Å²) in [5, 5.41) is 10.9. The molecule has 9 nitrogen and oxygen atoms in total. The Morgan fingerprint density at radius 2 is 1.56 bits per heavy atom. The van der Waals surface area contributed by atoms with Crippen molar-refractivity contribution in [2.75, 3.05) is 19.5 Å². The average Bonchev–Trinajstić information content (AvgIpc) is 3.34. The molecule has 0 aliphatic rings. The van der Waals surface area contributed by atoms with Gasteiger partial charge in [-0.05, 0) is 48.9 Å². The van der Waals surface area contributed by atoms with Crippen LogP contribution in [0.3, 0.4) is 0 Å². The number of nitrogens with two attached hydrogens (primary N) is 1. The maximum absolute atomic E-state index is 12.8. The Hall–Kier alpha value is -4.66. The van der Waals surface area contributed by atoms with Crippen LogP contribution in [0, 0.1) is 6.92 Å². The van der Waals surface area contributed by atoms with E-state index in [4.69, 9.17) is 19.6 Å². The molecule has 4 rings (SSSR count). The number of benzene rings is 3. The van der Waals surface area contributed by atoms with Crippen LogP contribution in [0.15, 0.2) is 65.1 Å². The number of anilines is 1. The summed E-state index contributed by atoms with van der Waals surface area (Å²) in [6.07, 6.45) is 0. The number of aryl methyl sites for hydroxylation is 1. The van der Waals surface area contributed by atoms with Crippen LogP contribution in [0.2, 0.25) is 0 Å². The predicted octanol–water partition coefficient (Wildman–Crippen LogP) is 4.08. The maximum atomic E-state index is 12.8. The minimum absolute atomic E-state index is 0.0946. The van der Waals surface area contributed by atoms with Crippen LogP contribution in [-0.2, 0) is 0 Å². The summed E-state index contributed by atoms with van der Waals surface area (Å²) in [4.78, 5) is 24.7. The predicted molar refractivity (Wildman–Crippen MR) is 126 cm³/mol. The van der Waals surface area contributed by atoms with Crippen LogP contribution >= 0.6 is 0 Å². The highest BCUT2D eigenvalue weighted by Gasteiger charge is 2.18. The molecular formula is C25H22N4O5. The van der Waals surface area contributed by atoms with Gasteiger partial charge in [-0.2, -0.15) is 0 Å². The fourth-order valence-corrected chi connectivity index (χ4v) is 3.41. The number of carbonyl (C=O) groups is 2. The van der Waals surface area contributed by atoms with Gasteiger partial charge in [0, 0.05) is 22.8 Å². The number of amides is 2. The van der Waals surface area contributed by atoms with Gasteiger partial charge < -0.3 is 24.9 Å². The maximum Gasteiger partial charge on any atom is 0.255 e. The molecule has 0 radical (unpaired) electrons. The Morgan fingerprint density at radius 1 is 0.912 bits per heavy atom. The van der Waals surface area contributed by atoms with Gasteiger partial charge in [0.25, 0.3) is 11.8 Å². The van der Waals surface area contributed by atoms with E-state index in [2.05, 4.69) is 15.5 Å². The molecule has 9 heteroatoms. The first-order valence-electron chi connectivity index (χ1n) is 10.3. The number of primary amides is 1. The number of hydrogen-bond acceptors (Lipinski definition) is 7. The lowest BCUT2D eigenvalue weighted by atomic mass is 10.1. The van der Waals surface area contributed by atoms with E-state index in [1.807, 2.05) is 31.2 Å². The van der Waals surface area contributed by atoms with Crippen LogP contribution in [0.1, 0.15) is 26.3 Å². The fourth-order valence-electron chi connectivity index (χ4n) is 3.41. The highest BCUT2D eigenvalue weighted by Crippen LogP contribution is 2.33. The first-order chi connectivity index (χ1) is 16.4. The van der Waals surface area contributed by atoms with Crippen molar-refractivity contribution >= 4 is 17.5 Å². The van der Waals surface area contributed by atoms with E-state index in [1.54, 1.807) is 24.3 Å². The quantitative estimate of drug-likeness (QED) is 0.427. The van der Waals surface area contributed by atoms with Gasteiger partial charge in [-0.3, -0.25) is 9.59 Å². The molecule has 172 valence electrons. The van der Waals surface area contributed by atoms with Crippen molar-refractivity contribution < 1.29 is 23.5 Å². The minimum Gasteiger partial charge on any atom is -0.493 e. The first-order valence-corrected chi connectivity index (χ1v) is 10.3. The van der Waals surface area contributed by atoms with Gasteiger partial charge in [-0.1, -0.05) is 18.2 Å². The zero-order valence-corrected chi connectivity index (χ0v) is 18.8. The lowest BCUT2D eigenvalue weighted by molar-refractivity contribution is 0.100. The van der Waals surface area contributed by atoms with Crippen molar-refractivity contribution in [2.45, 2.75) is 6.92 Å². The molecular weight excluding hydrogens is 436 g/mol. The van der Waals surface area contributed by atoms with Crippen molar-refractivity contribution in [1.29, 1.82) is 0 Å². The SMILES string of the molecule is COc1cc(NC(=O)c2ccc(-c3nnc(-c4ccccc4C)o3)cc2)c(C(N)=O)cc1OC. The molecule has 0 atom stereocenters. The molecule has 0 aliphatic carbocycles. The van der Waals surface area contributed by atoms with Crippen LogP contribution < -0.4 is 20.5 Å². The summed E-state index contributed by atoms with van der Waals surface area (Å²) < 4.78 is 16.3. The molecule has 0 saturated heterocycles. The number of aromatic nitrogens is 2. The molecule has 3 N–H and O–H groups in total. The van der Waals surface area contributed by atoms with Crippen molar-refractivity contribution in [3.63, 3.8) is 0 Å². The van der Waals surface area contributed by atoms with Crippen molar-refractivity contribution in [3.8, 4) is 34.4 Å². The van der Waals surface area contributed by atoms with E-state index in [0.717, 1.165) is 11.1 Å². The van der Waals surface area contributed by atoms with Gasteiger partial charge in [-0.15, -0.1) is 10.2 Å². The molecule has 4 aromatic rings. The molecule has 0 spiro atoms. The number of nitrogens with zero attached hydrogens (tertiary/aromatic N) is 2. The largest absolute Gasteiger partial charge is 0.493 e. The van der Waals surface area contributed by atoms with E-state index in [0.29, 0.717) is 34.4 Å². The second-order valence-electron chi connectivity index (χ2n) is 7.38. The van der Waals surface area contributed by atoms with Gasteiger partial charge in [0.1, 0.15) is 0 Å². The minimum atomic E-state index is -0.715. The Bertz CT molecular complexity index is 1360. The van der Waals surface area contributed by atoms with Crippen LogP contribution in [0.5, 0.6) is 11.5 Å². The van der Waals surface area contributed by atoms with Crippen molar-refractivity contribution in [2.24, 2.45) is 5.73 Å². The smallest absolute Gasteiger partial charge is 0.255 e. The highest BCUT2D eigenvalue weighted by atomic mass is 16.5. The standard InChI is InChI=1S/C25H22N4O5/c1-14-6-4-5-7-17(14)25-29-28-24(34-25)16-10-8-15(9-11-16)23(31)27-19-13-21(33-3)20(32-2)12-18(19)22(26)30/h4-13H,1-3H3,(H2,26,30)(H,27,31). The monoisotopic (exact) mass is 458 g/mol. The third-order valence-electron chi connectivity index (χ3n) is 5.23. The van der Waals surface area contributed by atoms with Gasteiger partial charge in [0.05, 0.1) is 25.5 Å². The Balaban J connectivity index is 1.56. The zero-order valence-electron chi connectivity index (χ0n) is 18.8. The summed E-state index contributed by atoms with van der Waals surface area (Å²) in [6.45, 7) is 1.97. The number of nitrogens with one attached hydrogen (secondary N) is 1. The second kappa shape index (κ2) is 9.45. The van der Waals surface area contributed by atoms with Crippen LogP contribution in [0.4, 0.5) is 5.69 Å². The Kier molecular flexibility index (Phi) is 6.26. The summed E-state index contributed by atoms with van der Waals surface area (Å²) >= 11 is 0. The molecule has 2 amide bonds. The molecule has 1 heterocycles. The fraction of sp³-hybridized carbons (Fsp3) is 0.120. The van der Waals surface area contributed by atoms with E-state index < -0.39 is 11.8 Å². The summed E-state index contributed by atoms with van der Waals surface area (Å²) in [6, 6.07) is 17.3. The van der Waals surface area contributed by atoms with Crippen LogP contribution in [-0.4, -0.2) is 36.2 Å². The lowest BCUT2D eigenvalue weighted by Gasteiger charge is -2.14. The van der Waals surface area contributed by atoms with Crippen molar-refractivity contribution in [3.05, 3.63) is 77.4 Å². The van der Waals surface area contributed by atoms with Crippen molar-refractivity contribution in [1.82, 2.24) is 10.2 Å². The zero-order chi connectivity index (χ0) is 24.2. The second-order valence-corrected chi connectivity index (χ2v) is 7.38. The number of methoxy groups -OCH3 is 2. The highest BCUT2D eigenvalue weighted by molar-refractivity contribution is 6.09. The molecule has 34 heavy (non-hydrogen) atoms. The van der Waals surface area contributed by atoms with E-state index in [1.165, 1.54) is 26.4 Å². The number of rotatable bonds is 7. The summed E-state index contributed by atoms with van der Waals surface area (Å²) in [5.41, 5.74) is 8.67. The number of ether oxygens (including phenoxy) is 2. The van der Waals surface area contributed by atoms with E-state index in [9.17, 15) is 9.59 Å². The molecule has 0 saturated carbocycles. The van der Waals surface area contributed by atoms with Gasteiger partial charge in [0.15, 0.2) is 11.5 Å². The van der Waals surface area contributed by atoms with Crippen LogP contribution in [0.25, 0.3) is 22.9 Å². The first kappa shape index (κ1) is 22.5. The third kappa shape index (κ3) is 4.44. The molecule has 0 unspecified atom stereocenters. The number of hydrogen-bond donors (Lipinski definition) is 2. The Morgan fingerprint density at radius 3 is 2.21 bits per heavy atom. The molecule has 0 fully saturated rings. The third-order valence-corrected chi connectivity index (χ3v) is 5.23. The summed E-state index contributed by atoms with van der Waals surface area (Å²) in [5.74, 6) is 0.269. The molecule has 3 aromatic carbocycles. The summed E-state index contributed by atoms with van der Waals surface area (Å²) in [7, 11) is 2.89. The number of carbonyl (C=O) groups excluding carboxylic acids is 2. The van der Waals surface area contributed by atoms with Gasteiger partial charge in [-0.25, -0.2) is 0 Å². The molecule has 0 aliphatic heterocycles. The van der Waals surface area contributed by atoms with E-state index >= 15 is 0 Å².